The van der Waals surface area contributed by atoms with E-state index in [9.17, 15) is 4.79 Å². The van der Waals surface area contributed by atoms with Gasteiger partial charge in [0.1, 0.15) is 0 Å². The monoisotopic (exact) mass is 326 g/mol. The lowest BCUT2D eigenvalue weighted by molar-refractivity contribution is -0.122. The summed E-state index contributed by atoms with van der Waals surface area (Å²) < 4.78 is 0. The Balaban J connectivity index is 1.29. The van der Waals surface area contributed by atoms with Crippen LogP contribution in [0.25, 0.3) is 0 Å². The molecule has 3 nitrogen and oxygen atoms in total. The molecule has 0 spiro atoms. The zero-order valence-corrected chi connectivity index (χ0v) is 14.7. The molecule has 1 aromatic carbocycles. The van der Waals surface area contributed by atoms with Gasteiger partial charge in [-0.25, -0.2) is 0 Å². The average molecular weight is 326 g/mol. The number of hydrogen-bond acceptors (Lipinski definition) is 2. The first-order valence-corrected chi connectivity index (χ1v) is 9.84. The summed E-state index contributed by atoms with van der Waals surface area (Å²) in [6, 6.07) is 8.59. The van der Waals surface area contributed by atoms with E-state index in [1.54, 1.807) is 0 Å². The van der Waals surface area contributed by atoms with Gasteiger partial charge in [-0.05, 0) is 74.1 Å². The highest BCUT2D eigenvalue weighted by Crippen LogP contribution is 2.49. The van der Waals surface area contributed by atoms with Crippen molar-refractivity contribution in [3.05, 3.63) is 35.4 Å². The molecule has 0 aromatic heterocycles. The van der Waals surface area contributed by atoms with Crippen molar-refractivity contribution in [2.75, 3.05) is 13.1 Å². The molecule has 3 atom stereocenters. The minimum atomic E-state index is 0.253. The molecule has 1 N–H and O–H groups in total. The van der Waals surface area contributed by atoms with Crippen molar-refractivity contribution in [3.8, 4) is 0 Å². The van der Waals surface area contributed by atoms with E-state index >= 15 is 0 Å². The molecule has 4 rings (SSSR count). The van der Waals surface area contributed by atoms with Crippen molar-refractivity contribution in [3.63, 3.8) is 0 Å². The van der Waals surface area contributed by atoms with E-state index < -0.39 is 0 Å². The van der Waals surface area contributed by atoms with Crippen LogP contribution < -0.4 is 5.32 Å². The van der Waals surface area contributed by atoms with Gasteiger partial charge in [-0.15, -0.1) is 0 Å². The van der Waals surface area contributed by atoms with Crippen molar-refractivity contribution >= 4 is 5.91 Å². The normalized spacial score (nSPS) is 29.2. The molecule has 3 aliphatic rings. The van der Waals surface area contributed by atoms with Crippen molar-refractivity contribution in [2.24, 2.45) is 17.8 Å². The standard InChI is InChI=1S/C21H30N2O/c24-21(13-20-12-16-7-8-17(20)11-16)22-14-18-5-1-2-6-19(18)15-23-9-3-4-10-23/h1-2,5-6,16-17,20H,3-4,7-15H2,(H,22,24)/t16-,17+,20+/m0/s1. The van der Waals surface area contributed by atoms with Crippen LogP contribution in [0.1, 0.15) is 56.1 Å². The van der Waals surface area contributed by atoms with Gasteiger partial charge in [0.25, 0.3) is 0 Å². The van der Waals surface area contributed by atoms with Crippen LogP contribution in [0.15, 0.2) is 24.3 Å². The highest BCUT2D eigenvalue weighted by molar-refractivity contribution is 5.76. The van der Waals surface area contributed by atoms with Gasteiger partial charge >= 0.3 is 0 Å². The molecule has 2 bridgehead atoms. The predicted octanol–water partition coefficient (Wildman–Crippen LogP) is 3.72. The summed E-state index contributed by atoms with van der Waals surface area (Å²) in [4.78, 5) is 14.9. The number of amides is 1. The number of rotatable bonds is 6. The fraction of sp³-hybridized carbons (Fsp3) is 0.667. The van der Waals surface area contributed by atoms with Crippen LogP contribution in [0.4, 0.5) is 0 Å². The first-order valence-electron chi connectivity index (χ1n) is 9.84. The molecule has 1 heterocycles. The molecular weight excluding hydrogens is 296 g/mol. The summed E-state index contributed by atoms with van der Waals surface area (Å²) in [6.45, 7) is 4.14. The lowest BCUT2D eigenvalue weighted by Gasteiger charge is -2.21. The van der Waals surface area contributed by atoms with Crippen LogP contribution in [-0.4, -0.2) is 23.9 Å². The minimum Gasteiger partial charge on any atom is -0.352 e. The summed E-state index contributed by atoms with van der Waals surface area (Å²) in [5.74, 6) is 2.67. The van der Waals surface area contributed by atoms with E-state index in [2.05, 4.69) is 34.5 Å². The zero-order chi connectivity index (χ0) is 16.4. The molecule has 1 aliphatic heterocycles. The molecule has 0 radical (unpaired) electrons. The van der Waals surface area contributed by atoms with Crippen molar-refractivity contribution in [1.29, 1.82) is 0 Å². The molecule has 0 unspecified atom stereocenters. The van der Waals surface area contributed by atoms with E-state index in [-0.39, 0.29) is 5.91 Å². The maximum absolute atomic E-state index is 12.4. The first-order chi connectivity index (χ1) is 11.8. The van der Waals surface area contributed by atoms with Gasteiger partial charge in [0.05, 0.1) is 0 Å². The largest absolute Gasteiger partial charge is 0.352 e. The van der Waals surface area contributed by atoms with Gasteiger partial charge in [0.15, 0.2) is 0 Å². The van der Waals surface area contributed by atoms with E-state index in [0.717, 1.165) is 24.8 Å². The Morgan fingerprint density at radius 1 is 1.08 bits per heavy atom. The molecule has 1 saturated heterocycles. The molecule has 2 saturated carbocycles. The fourth-order valence-corrected chi connectivity index (χ4v) is 5.20. The Morgan fingerprint density at radius 3 is 2.58 bits per heavy atom. The van der Waals surface area contributed by atoms with E-state index in [1.165, 1.54) is 62.7 Å². The lowest BCUT2D eigenvalue weighted by atomic mass is 9.86. The number of likely N-dealkylation sites (tertiary alicyclic amines) is 1. The second-order valence-corrected chi connectivity index (χ2v) is 8.17. The van der Waals surface area contributed by atoms with Gasteiger partial charge in [0, 0.05) is 19.5 Å². The Morgan fingerprint density at radius 2 is 1.88 bits per heavy atom. The third-order valence-electron chi connectivity index (χ3n) is 6.52. The maximum Gasteiger partial charge on any atom is 0.220 e. The number of fused-ring (bicyclic) bond motifs is 2. The predicted molar refractivity (Wildman–Crippen MR) is 96.4 cm³/mol. The van der Waals surface area contributed by atoms with Gasteiger partial charge in [-0.1, -0.05) is 30.7 Å². The van der Waals surface area contributed by atoms with Crippen molar-refractivity contribution in [2.45, 2.75) is 58.0 Å². The van der Waals surface area contributed by atoms with Crippen LogP contribution in [-0.2, 0) is 17.9 Å². The zero-order valence-electron chi connectivity index (χ0n) is 14.7. The Labute approximate surface area is 145 Å². The second-order valence-electron chi connectivity index (χ2n) is 8.17. The molecule has 3 fully saturated rings. The van der Waals surface area contributed by atoms with Crippen LogP contribution in [0, 0.1) is 17.8 Å². The van der Waals surface area contributed by atoms with E-state index in [1.807, 2.05) is 0 Å². The highest BCUT2D eigenvalue weighted by atomic mass is 16.1. The summed E-state index contributed by atoms with van der Waals surface area (Å²) in [7, 11) is 0. The molecule has 1 aromatic rings. The van der Waals surface area contributed by atoms with Gasteiger partial charge in [-0.3, -0.25) is 9.69 Å². The van der Waals surface area contributed by atoms with Gasteiger partial charge in [0.2, 0.25) is 5.91 Å². The summed E-state index contributed by atoms with van der Waals surface area (Å²) in [5, 5.41) is 3.19. The molecule has 130 valence electrons. The van der Waals surface area contributed by atoms with Crippen molar-refractivity contribution in [1.82, 2.24) is 10.2 Å². The number of nitrogens with one attached hydrogen (secondary N) is 1. The molecular formula is C21H30N2O. The number of carbonyl (C=O) groups excluding carboxylic acids is 1. The molecule has 3 heteroatoms. The van der Waals surface area contributed by atoms with Crippen LogP contribution >= 0.6 is 0 Å². The fourth-order valence-electron chi connectivity index (χ4n) is 5.20. The Bertz CT molecular complexity index is 579. The number of benzene rings is 1. The third-order valence-corrected chi connectivity index (χ3v) is 6.52. The van der Waals surface area contributed by atoms with Crippen LogP contribution in [0.2, 0.25) is 0 Å². The summed E-state index contributed by atoms with van der Waals surface area (Å²) in [5.41, 5.74) is 2.66. The second kappa shape index (κ2) is 7.26. The number of carbonyl (C=O) groups is 1. The Kier molecular flexibility index (Phi) is 4.88. The van der Waals surface area contributed by atoms with Gasteiger partial charge < -0.3 is 5.32 Å². The maximum atomic E-state index is 12.4. The number of nitrogens with zero attached hydrogens (tertiary/aromatic N) is 1. The minimum absolute atomic E-state index is 0.253. The smallest absolute Gasteiger partial charge is 0.220 e. The Hall–Kier alpha value is -1.35. The lowest BCUT2D eigenvalue weighted by Crippen LogP contribution is -2.28. The van der Waals surface area contributed by atoms with Gasteiger partial charge in [-0.2, -0.15) is 0 Å². The molecule has 24 heavy (non-hydrogen) atoms. The summed E-state index contributed by atoms with van der Waals surface area (Å²) in [6.07, 6.45) is 8.84. The number of hydrogen-bond donors (Lipinski definition) is 1. The van der Waals surface area contributed by atoms with E-state index in [4.69, 9.17) is 0 Å². The first kappa shape index (κ1) is 16.1. The van der Waals surface area contributed by atoms with E-state index in [0.29, 0.717) is 12.5 Å². The summed E-state index contributed by atoms with van der Waals surface area (Å²) >= 11 is 0. The molecule has 2 aliphatic carbocycles. The van der Waals surface area contributed by atoms with Crippen LogP contribution in [0.5, 0.6) is 0 Å². The molecule has 1 amide bonds. The highest BCUT2D eigenvalue weighted by Gasteiger charge is 2.40. The third kappa shape index (κ3) is 3.66. The average Bonchev–Trinajstić information content (AvgIpc) is 3.32. The van der Waals surface area contributed by atoms with Crippen LogP contribution in [0.3, 0.4) is 0 Å². The van der Waals surface area contributed by atoms with Crippen molar-refractivity contribution < 1.29 is 4.79 Å². The SMILES string of the molecule is O=C(C[C@H]1C[C@H]2CC[C@@H]1C2)NCc1ccccc1CN1CCCC1. The quantitative estimate of drug-likeness (QED) is 0.864. The topological polar surface area (TPSA) is 32.3 Å².